The monoisotopic (exact) mass is 260 g/mol. The number of rotatable bonds is 3. The van der Waals surface area contributed by atoms with E-state index in [2.05, 4.69) is 28.3 Å². The maximum Gasteiger partial charge on any atom is 0.0565 e. The fourth-order valence-corrected chi connectivity index (χ4v) is 2.62. The lowest BCUT2D eigenvalue weighted by atomic mass is 10.2. The maximum absolute atomic E-state index is 5.72. The van der Waals surface area contributed by atoms with Crippen molar-refractivity contribution in [3.8, 4) is 0 Å². The number of hydrogen-bond donors (Lipinski definition) is 1. The van der Waals surface area contributed by atoms with Crippen LogP contribution in [0.2, 0.25) is 0 Å². The number of nitrogens with zero attached hydrogens (tertiary/aromatic N) is 1. The lowest BCUT2D eigenvalue weighted by Gasteiger charge is -2.17. The lowest BCUT2D eigenvalue weighted by Crippen LogP contribution is -2.26. The SMILES string of the molecule is CSc1cccc(N(C)N)c1CBr. The second-order valence-electron chi connectivity index (χ2n) is 2.70. The number of thioether (sulfide) groups is 1. The fraction of sp³-hybridized carbons (Fsp3) is 0.333. The molecule has 1 aromatic carbocycles. The Morgan fingerprint density at radius 2 is 2.23 bits per heavy atom. The standard InChI is InChI=1S/C9H13BrN2S/c1-12(11)8-4-3-5-9(13-2)7(8)6-10/h3-5H,6,11H2,1-2H3. The quantitative estimate of drug-likeness (QED) is 0.392. The second-order valence-corrected chi connectivity index (χ2v) is 4.11. The molecule has 0 aliphatic carbocycles. The predicted octanol–water partition coefficient (Wildman–Crippen LogP) is 2.61. The molecular weight excluding hydrogens is 248 g/mol. The van der Waals surface area contributed by atoms with Crippen LogP contribution in [0.1, 0.15) is 5.56 Å². The number of anilines is 1. The van der Waals surface area contributed by atoms with Crippen LogP contribution in [0.3, 0.4) is 0 Å². The van der Waals surface area contributed by atoms with Crippen molar-refractivity contribution in [1.29, 1.82) is 0 Å². The molecule has 0 atom stereocenters. The van der Waals surface area contributed by atoms with Crippen LogP contribution in [-0.2, 0) is 5.33 Å². The summed E-state index contributed by atoms with van der Waals surface area (Å²) in [4.78, 5) is 1.27. The lowest BCUT2D eigenvalue weighted by molar-refractivity contribution is 0.997. The Hall–Kier alpha value is -0.190. The Kier molecular flexibility index (Phi) is 4.09. The molecule has 0 heterocycles. The molecule has 0 aromatic heterocycles. The smallest absolute Gasteiger partial charge is 0.0565 e. The summed E-state index contributed by atoms with van der Waals surface area (Å²) >= 11 is 5.21. The number of nitrogens with two attached hydrogens (primary N) is 1. The van der Waals surface area contributed by atoms with E-state index in [1.165, 1.54) is 10.5 Å². The summed E-state index contributed by atoms with van der Waals surface area (Å²) in [6.07, 6.45) is 2.07. The third kappa shape index (κ3) is 2.39. The normalized spacial score (nSPS) is 10.2. The van der Waals surface area contributed by atoms with Gasteiger partial charge in [0.1, 0.15) is 0 Å². The van der Waals surface area contributed by atoms with Crippen molar-refractivity contribution in [3.63, 3.8) is 0 Å². The van der Waals surface area contributed by atoms with Gasteiger partial charge in [0.15, 0.2) is 0 Å². The van der Waals surface area contributed by atoms with Crippen molar-refractivity contribution in [2.24, 2.45) is 5.84 Å². The zero-order valence-corrected chi connectivity index (χ0v) is 10.2. The molecule has 0 saturated carbocycles. The Morgan fingerprint density at radius 1 is 1.54 bits per heavy atom. The van der Waals surface area contributed by atoms with Gasteiger partial charge in [0.05, 0.1) is 5.69 Å². The van der Waals surface area contributed by atoms with E-state index in [-0.39, 0.29) is 0 Å². The molecular formula is C9H13BrN2S. The minimum atomic E-state index is 0.834. The number of hydrazine groups is 1. The zero-order valence-electron chi connectivity index (χ0n) is 7.75. The summed E-state index contributed by atoms with van der Waals surface area (Å²) in [7, 11) is 1.85. The van der Waals surface area contributed by atoms with E-state index in [9.17, 15) is 0 Å². The zero-order chi connectivity index (χ0) is 9.84. The number of halogens is 1. The first-order valence-electron chi connectivity index (χ1n) is 3.91. The molecule has 0 bridgehead atoms. The summed E-state index contributed by atoms with van der Waals surface area (Å²) in [6, 6.07) is 6.15. The van der Waals surface area contributed by atoms with Crippen LogP contribution in [0.4, 0.5) is 5.69 Å². The molecule has 0 radical (unpaired) electrons. The Balaban J connectivity index is 3.19. The first-order chi connectivity index (χ1) is 6.20. The largest absolute Gasteiger partial charge is 0.314 e. The molecule has 0 aliphatic rings. The van der Waals surface area contributed by atoms with Crippen molar-refractivity contribution in [3.05, 3.63) is 23.8 Å². The highest BCUT2D eigenvalue weighted by Gasteiger charge is 2.07. The minimum Gasteiger partial charge on any atom is -0.314 e. The molecule has 0 aliphatic heterocycles. The van der Waals surface area contributed by atoms with Crippen LogP contribution in [-0.4, -0.2) is 13.3 Å². The highest BCUT2D eigenvalue weighted by molar-refractivity contribution is 9.08. The minimum absolute atomic E-state index is 0.834. The number of benzene rings is 1. The molecule has 0 saturated heterocycles. The van der Waals surface area contributed by atoms with Gasteiger partial charge in [-0.1, -0.05) is 22.0 Å². The second kappa shape index (κ2) is 4.88. The molecule has 2 N–H and O–H groups in total. The molecule has 0 unspecified atom stereocenters. The van der Waals surface area contributed by atoms with E-state index in [1.54, 1.807) is 16.8 Å². The van der Waals surface area contributed by atoms with E-state index in [0.717, 1.165) is 11.0 Å². The topological polar surface area (TPSA) is 29.3 Å². The molecule has 0 amide bonds. The summed E-state index contributed by atoms with van der Waals surface area (Å²) in [5.74, 6) is 5.72. The van der Waals surface area contributed by atoms with E-state index < -0.39 is 0 Å². The van der Waals surface area contributed by atoms with E-state index in [0.29, 0.717) is 0 Å². The number of alkyl halides is 1. The van der Waals surface area contributed by atoms with Gasteiger partial charge in [-0.05, 0) is 18.4 Å². The van der Waals surface area contributed by atoms with Gasteiger partial charge in [-0.25, -0.2) is 5.84 Å². The van der Waals surface area contributed by atoms with Crippen molar-refractivity contribution in [2.45, 2.75) is 10.2 Å². The summed E-state index contributed by atoms with van der Waals surface area (Å²) in [5, 5.41) is 2.48. The summed E-state index contributed by atoms with van der Waals surface area (Å²) in [5.41, 5.74) is 2.32. The van der Waals surface area contributed by atoms with Gasteiger partial charge in [-0.2, -0.15) is 0 Å². The first-order valence-corrected chi connectivity index (χ1v) is 6.25. The molecule has 13 heavy (non-hydrogen) atoms. The average molecular weight is 261 g/mol. The van der Waals surface area contributed by atoms with Crippen LogP contribution < -0.4 is 10.9 Å². The van der Waals surface area contributed by atoms with E-state index in [4.69, 9.17) is 5.84 Å². The Bertz CT molecular complexity index is 289. The van der Waals surface area contributed by atoms with Crippen LogP contribution in [0.25, 0.3) is 0 Å². The summed E-state index contributed by atoms with van der Waals surface area (Å²) < 4.78 is 0. The van der Waals surface area contributed by atoms with Gasteiger partial charge in [0.25, 0.3) is 0 Å². The molecule has 0 fully saturated rings. The molecule has 72 valence electrons. The van der Waals surface area contributed by atoms with Crippen molar-refractivity contribution < 1.29 is 0 Å². The van der Waals surface area contributed by atoms with Crippen molar-refractivity contribution in [2.75, 3.05) is 18.3 Å². The maximum atomic E-state index is 5.72. The Labute approximate surface area is 91.6 Å². The van der Waals surface area contributed by atoms with Crippen LogP contribution in [0.15, 0.2) is 23.1 Å². The van der Waals surface area contributed by atoms with Gasteiger partial charge in [-0.15, -0.1) is 11.8 Å². The van der Waals surface area contributed by atoms with Gasteiger partial charge in [-0.3, -0.25) is 0 Å². The predicted molar refractivity (Wildman–Crippen MR) is 63.4 cm³/mol. The van der Waals surface area contributed by atoms with Crippen LogP contribution >= 0.6 is 27.7 Å². The highest BCUT2D eigenvalue weighted by atomic mass is 79.9. The van der Waals surface area contributed by atoms with Gasteiger partial charge >= 0.3 is 0 Å². The average Bonchev–Trinajstić information content (AvgIpc) is 2.16. The third-order valence-electron chi connectivity index (χ3n) is 1.84. The first kappa shape index (κ1) is 10.9. The molecule has 4 heteroatoms. The van der Waals surface area contributed by atoms with Gasteiger partial charge in [0, 0.05) is 22.8 Å². The molecule has 2 nitrogen and oxygen atoms in total. The molecule has 0 spiro atoms. The Morgan fingerprint density at radius 3 is 2.69 bits per heavy atom. The summed E-state index contributed by atoms with van der Waals surface area (Å²) in [6.45, 7) is 0. The molecule has 1 aromatic rings. The van der Waals surface area contributed by atoms with Gasteiger partial charge in [0.2, 0.25) is 0 Å². The van der Waals surface area contributed by atoms with E-state index in [1.807, 2.05) is 19.2 Å². The van der Waals surface area contributed by atoms with E-state index >= 15 is 0 Å². The van der Waals surface area contributed by atoms with Crippen LogP contribution in [0.5, 0.6) is 0 Å². The highest BCUT2D eigenvalue weighted by Crippen LogP contribution is 2.29. The third-order valence-corrected chi connectivity index (χ3v) is 3.22. The van der Waals surface area contributed by atoms with Crippen molar-refractivity contribution >= 4 is 33.4 Å². The fourth-order valence-electron chi connectivity index (χ4n) is 1.21. The van der Waals surface area contributed by atoms with Crippen molar-refractivity contribution in [1.82, 2.24) is 0 Å². The van der Waals surface area contributed by atoms with Gasteiger partial charge < -0.3 is 5.01 Å². The molecule has 1 rings (SSSR count). The van der Waals surface area contributed by atoms with Crippen LogP contribution in [0, 0.1) is 0 Å². The number of hydrogen-bond acceptors (Lipinski definition) is 3.